The number of nitrogens with zero attached hydrogens (tertiary/aromatic N) is 3. The molecule has 2 heterocycles. The number of rotatable bonds is 6. The summed E-state index contributed by atoms with van der Waals surface area (Å²) in [7, 11) is 0. The number of halogens is 1. The highest BCUT2D eigenvalue weighted by atomic mass is 35.5. The van der Waals surface area contributed by atoms with Gasteiger partial charge in [0.2, 0.25) is 0 Å². The Morgan fingerprint density at radius 1 is 1.21 bits per heavy atom. The number of aromatic nitrogens is 2. The third kappa shape index (κ3) is 4.64. The van der Waals surface area contributed by atoms with Crippen LogP contribution in [0.4, 0.5) is 10.5 Å². The van der Waals surface area contributed by atoms with Gasteiger partial charge in [-0.15, -0.1) is 0 Å². The smallest absolute Gasteiger partial charge is 0.322 e. The first-order valence-corrected chi connectivity index (χ1v) is 11.1. The molecule has 0 aliphatic heterocycles. The first kappa shape index (κ1) is 22.6. The molecule has 2 aromatic carbocycles. The molecule has 0 fully saturated rings. The molecule has 0 aliphatic rings. The van der Waals surface area contributed by atoms with Crippen molar-refractivity contribution in [3.8, 4) is 0 Å². The van der Waals surface area contributed by atoms with Crippen molar-refractivity contribution in [2.24, 2.45) is 0 Å². The molecule has 0 radical (unpaired) electrons. The third-order valence-electron chi connectivity index (χ3n) is 5.66. The van der Waals surface area contributed by atoms with Crippen molar-refractivity contribution in [2.75, 3.05) is 5.32 Å². The largest absolute Gasteiger partial charge is 0.467 e. The Labute approximate surface area is 196 Å². The molecule has 170 valence electrons. The number of fused-ring (bicyclic) bond motifs is 1. The van der Waals surface area contributed by atoms with Gasteiger partial charge in [-0.1, -0.05) is 29.8 Å². The molecule has 1 unspecified atom stereocenters. The quantitative estimate of drug-likeness (QED) is 0.393. The van der Waals surface area contributed by atoms with Gasteiger partial charge in [-0.05, 0) is 62.7 Å². The van der Waals surface area contributed by atoms with Crippen molar-refractivity contribution >= 4 is 34.2 Å². The number of benzene rings is 2. The maximum atomic E-state index is 13.4. The molecule has 4 aromatic rings. The number of aryl methyl sites for hydroxylation is 1. The second-order valence-electron chi connectivity index (χ2n) is 7.81. The number of hydrogen-bond acceptors (Lipinski definition) is 4. The Kier molecular flexibility index (Phi) is 6.51. The molecule has 8 heteroatoms. The van der Waals surface area contributed by atoms with E-state index in [9.17, 15) is 9.59 Å². The van der Waals surface area contributed by atoms with Crippen LogP contribution in [0.1, 0.15) is 37.0 Å². The Morgan fingerprint density at radius 2 is 2.00 bits per heavy atom. The van der Waals surface area contributed by atoms with Crippen molar-refractivity contribution in [1.82, 2.24) is 14.5 Å². The number of urea groups is 1. The highest BCUT2D eigenvalue weighted by Crippen LogP contribution is 2.25. The molecule has 0 saturated carbocycles. The molecule has 0 saturated heterocycles. The molecule has 1 N–H and O–H groups in total. The lowest BCUT2D eigenvalue weighted by Crippen LogP contribution is -2.39. The maximum absolute atomic E-state index is 13.4. The van der Waals surface area contributed by atoms with E-state index in [1.165, 1.54) is 0 Å². The van der Waals surface area contributed by atoms with E-state index in [0.29, 0.717) is 39.7 Å². The maximum Gasteiger partial charge on any atom is 0.322 e. The zero-order valence-corrected chi connectivity index (χ0v) is 19.5. The molecule has 33 heavy (non-hydrogen) atoms. The van der Waals surface area contributed by atoms with E-state index in [0.717, 1.165) is 5.56 Å². The summed E-state index contributed by atoms with van der Waals surface area (Å²) in [6.45, 7) is 6.28. The fourth-order valence-corrected chi connectivity index (χ4v) is 4.00. The normalized spacial score (nSPS) is 12.0. The second kappa shape index (κ2) is 9.50. The molecule has 0 bridgehead atoms. The molecule has 1 atom stereocenters. The number of amides is 2. The molecule has 2 aromatic heterocycles. The van der Waals surface area contributed by atoms with Crippen molar-refractivity contribution in [3.63, 3.8) is 0 Å². The number of hydrogen-bond donors (Lipinski definition) is 1. The molecule has 4 rings (SSSR count). The molecule has 0 aliphatic carbocycles. The Morgan fingerprint density at radius 3 is 2.70 bits per heavy atom. The van der Waals surface area contributed by atoms with E-state index in [-0.39, 0.29) is 18.1 Å². The minimum atomic E-state index is -0.521. The molecule has 7 nitrogen and oxygen atoms in total. The average molecular weight is 465 g/mol. The van der Waals surface area contributed by atoms with E-state index in [1.807, 2.05) is 51.1 Å². The van der Waals surface area contributed by atoms with Gasteiger partial charge in [0.15, 0.2) is 0 Å². The number of carbonyl (C=O) groups is 1. The zero-order valence-electron chi connectivity index (χ0n) is 18.7. The number of nitrogens with one attached hydrogen (secondary N) is 1. The Hall–Kier alpha value is -3.58. The van der Waals surface area contributed by atoms with Gasteiger partial charge in [-0.3, -0.25) is 9.36 Å². The summed E-state index contributed by atoms with van der Waals surface area (Å²) in [6, 6.07) is 15.4. The lowest BCUT2D eigenvalue weighted by Gasteiger charge is -2.30. The average Bonchev–Trinajstić information content (AvgIpc) is 3.32. The van der Waals surface area contributed by atoms with Crippen LogP contribution >= 0.6 is 11.6 Å². The summed E-state index contributed by atoms with van der Waals surface area (Å²) in [5.41, 5.74) is 2.01. The predicted molar refractivity (Wildman–Crippen MR) is 130 cm³/mol. The summed E-state index contributed by atoms with van der Waals surface area (Å²) in [5, 5.41) is 3.90. The van der Waals surface area contributed by atoms with Crippen LogP contribution in [0.25, 0.3) is 10.9 Å². The fourth-order valence-electron chi connectivity index (χ4n) is 3.83. The van der Waals surface area contributed by atoms with Gasteiger partial charge >= 0.3 is 6.03 Å². The van der Waals surface area contributed by atoms with Gasteiger partial charge in [0.05, 0.1) is 29.8 Å². The van der Waals surface area contributed by atoms with Gasteiger partial charge in [0.25, 0.3) is 5.56 Å². The van der Waals surface area contributed by atoms with Crippen molar-refractivity contribution < 1.29 is 9.21 Å². The second-order valence-corrected chi connectivity index (χ2v) is 8.25. The molecule has 0 spiro atoms. The van der Waals surface area contributed by atoms with Gasteiger partial charge in [-0.25, -0.2) is 9.78 Å². The Bertz CT molecular complexity index is 1350. The van der Waals surface area contributed by atoms with Gasteiger partial charge in [0.1, 0.15) is 11.6 Å². The zero-order chi connectivity index (χ0) is 23.5. The topological polar surface area (TPSA) is 80.4 Å². The lowest BCUT2D eigenvalue weighted by molar-refractivity contribution is 0.178. The van der Waals surface area contributed by atoms with E-state index in [4.69, 9.17) is 21.0 Å². The van der Waals surface area contributed by atoms with E-state index < -0.39 is 6.04 Å². The van der Waals surface area contributed by atoms with E-state index >= 15 is 0 Å². The summed E-state index contributed by atoms with van der Waals surface area (Å²) in [6.07, 6.45) is 1.57. The van der Waals surface area contributed by atoms with Crippen LogP contribution in [0.3, 0.4) is 0 Å². The summed E-state index contributed by atoms with van der Waals surface area (Å²) in [5.74, 6) is 1.11. The van der Waals surface area contributed by atoms with Crippen LogP contribution in [-0.2, 0) is 13.1 Å². The standard InChI is InChI=1S/C25H25ClN4O3/c1-4-29-23(27-22-12-11-18(26)14-20(22)24(29)31)17(3)30(15-19-9-7-13-33-19)25(32)28-21-10-6-5-8-16(21)2/h5-14,17H,4,15H2,1-3H3,(H,28,32). The van der Waals surface area contributed by atoms with Crippen LogP contribution in [0, 0.1) is 6.92 Å². The highest BCUT2D eigenvalue weighted by molar-refractivity contribution is 6.31. The Balaban J connectivity index is 1.77. The lowest BCUT2D eigenvalue weighted by atomic mass is 10.2. The summed E-state index contributed by atoms with van der Waals surface area (Å²) in [4.78, 5) is 33.0. The van der Waals surface area contributed by atoms with E-state index in [1.54, 1.807) is 40.0 Å². The molecular weight excluding hydrogens is 440 g/mol. The SMILES string of the molecule is CCn1c(C(C)N(Cc2ccco2)C(=O)Nc2ccccc2C)nc2ccc(Cl)cc2c1=O. The van der Waals surface area contributed by atoms with Crippen LogP contribution < -0.4 is 10.9 Å². The van der Waals surface area contributed by atoms with E-state index in [2.05, 4.69) is 5.32 Å². The molecular formula is C25H25ClN4O3. The van der Waals surface area contributed by atoms with Gasteiger partial charge in [0, 0.05) is 17.3 Å². The molecule has 2 amide bonds. The van der Waals surface area contributed by atoms with Crippen LogP contribution in [0.2, 0.25) is 5.02 Å². The predicted octanol–water partition coefficient (Wildman–Crippen LogP) is 5.77. The first-order chi connectivity index (χ1) is 15.9. The number of furan rings is 1. The van der Waals surface area contributed by atoms with Crippen molar-refractivity contribution in [3.05, 3.63) is 93.4 Å². The van der Waals surface area contributed by atoms with Crippen LogP contribution in [-0.4, -0.2) is 20.5 Å². The fraction of sp³-hybridized carbons (Fsp3) is 0.240. The van der Waals surface area contributed by atoms with Gasteiger partial charge < -0.3 is 14.6 Å². The van der Waals surface area contributed by atoms with Crippen LogP contribution in [0.5, 0.6) is 0 Å². The van der Waals surface area contributed by atoms with Crippen LogP contribution in [0.15, 0.2) is 70.1 Å². The number of carbonyl (C=O) groups excluding carboxylic acids is 1. The minimum absolute atomic E-state index is 0.191. The van der Waals surface area contributed by atoms with Crippen molar-refractivity contribution in [2.45, 2.75) is 39.9 Å². The highest BCUT2D eigenvalue weighted by Gasteiger charge is 2.27. The van der Waals surface area contributed by atoms with Crippen molar-refractivity contribution in [1.29, 1.82) is 0 Å². The third-order valence-corrected chi connectivity index (χ3v) is 5.89. The summed E-state index contributed by atoms with van der Waals surface area (Å²) >= 11 is 6.10. The minimum Gasteiger partial charge on any atom is -0.467 e. The monoisotopic (exact) mass is 464 g/mol. The number of anilines is 1. The van der Waals surface area contributed by atoms with Gasteiger partial charge in [-0.2, -0.15) is 0 Å². The summed E-state index contributed by atoms with van der Waals surface area (Å²) < 4.78 is 7.10. The first-order valence-electron chi connectivity index (χ1n) is 10.7. The number of para-hydroxylation sites is 1.